The van der Waals surface area contributed by atoms with E-state index in [1.807, 2.05) is 6.07 Å². The molecule has 4 aromatic rings. The van der Waals surface area contributed by atoms with Crippen molar-refractivity contribution in [3.8, 4) is 22.8 Å². The Labute approximate surface area is 141 Å². The highest BCUT2D eigenvalue weighted by Gasteiger charge is 2.16. The zero-order chi connectivity index (χ0) is 17.4. The van der Waals surface area contributed by atoms with Gasteiger partial charge in [0.25, 0.3) is 0 Å². The number of H-pyrrole nitrogens is 2. The number of nitrogens with zero attached hydrogens (tertiary/aromatic N) is 1. The molecule has 0 aliphatic carbocycles. The molecule has 0 aliphatic heterocycles. The molecule has 0 saturated carbocycles. The lowest BCUT2D eigenvalue weighted by Crippen LogP contribution is -1.94. The van der Waals surface area contributed by atoms with Gasteiger partial charge in [0.2, 0.25) is 0 Å². The van der Waals surface area contributed by atoms with Crippen molar-refractivity contribution < 1.29 is 13.5 Å². The summed E-state index contributed by atoms with van der Waals surface area (Å²) >= 11 is 0. The van der Waals surface area contributed by atoms with Gasteiger partial charge >= 0.3 is 0 Å². The Hall–Kier alpha value is -3.41. The van der Waals surface area contributed by atoms with Crippen molar-refractivity contribution >= 4 is 17.0 Å². The Morgan fingerprint density at radius 1 is 1.04 bits per heavy atom. The molecule has 124 valence electrons. The minimum atomic E-state index is -0.532. The van der Waals surface area contributed by atoms with Crippen molar-refractivity contribution in [1.29, 1.82) is 0 Å². The second kappa shape index (κ2) is 5.90. The minimum Gasteiger partial charge on any atom is -0.454 e. The van der Waals surface area contributed by atoms with Crippen LogP contribution >= 0.6 is 0 Å². The van der Waals surface area contributed by atoms with Crippen molar-refractivity contribution in [2.75, 3.05) is 0 Å². The van der Waals surface area contributed by atoms with Gasteiger partial charge in [0.1, 0.15) is 11.6 Å². The zero-order valence-electron chi connectivity index (χ0n) is 13.0. The summed E-state index contributed by atoms with van der Waals surface area (Å²) in [5.74, 6) is -0.626. The summed E-state index contributed by atoms with van der Waals surface area (Å²) < 4.78 is 34.3. The van der Waals surface area contributed by atoms with Crippen LogP contribution in [0.2, 0.25) is 0 Å². The summed E-state index contributed by atoms with van der Waals surface area (Å²) in [5, 5.41) is 7.39. The summed E-state index contributed by atoms with van der Waals surface area (Å²) in [4.78, 5) is 2.96. The summed E-state index contributed by atoms with van der Waals surface area (Å²) in [6.07, 6.45) is 4.85. The Morgan fingerprint density at radius 2 is 1.92 bits per heavy atom. The molecule has 4 nitrogen and oxygen atoms in total. The van der Waals surface area contributed by atoms with Gasteiger partial charge in [0.05, 0.1) is 5.69 Å². The summed E-state index contributed by atoms with van der Waals surface area (Å²) in [6, 6.07) is 9.01. The van der Waals surface area contributed by atoms with Gasteiger partial charge in [-0.1, -0.05) is 12.7 Å². The van der Waals surface area contributed by atoms with E-state index in [4.69, 9.17) is 4.74 Å². The Morgan fingerprint density at radius 3 is 2.68 bits per heavy atom. The van der Waals surface area contributed by atoms with Crippen LogP contribution in [0.5, 0.6) is 11.5 Å². The summed E-state index contributed by atoms with van der Waals surface area (Å²) in [7, 11) is 0. The molecule has 2 heterocycles. The van der Waals surface area contributed by atoms with Crippen LogP contribution in [0.4, 0.5) is 8.78 Å². The Balaban J connectivity index is 1.81. The molecule has 0 bridgehead atoms. The summed E-state index contributed by atoms with van der Waals surface area (Å²) in [5.41, 5.74) is 1.88. The number of aromatic nitrogens is 3. The second-order valence-corrected chi connectivity index (χ2v) is 5.45. The number of fused-ring (bicyclic) bond motifs is 1. The first-order valence-corrected chi connectivity index (χ1v) is 7.57. The maximum Gasteiger partial charge on any atom is 0.170 e. The highest BCUT2D eigenvalue weighted by atomic mass is 19.1. The molecule has 6 heteroatoms. The van der Waals surface area contributed by atoms with E-state index in [0.29, 0.717) is 22.5 Å². The van der Waals surface area contributed by atoms with Crippen LogP contribution < -0.4 is 4.74 Å². The molecule has 0 unspecified atom stereocenters. The van der Waals surface area contributed by atoms with Gasteiger partial charge in [-0.05, 0) is 30.3 Å². The van der Waals surface area contributed by atoms with Gasteiger partial charge in [-0.15, -0.1) is 0 Å². The van der Waals surface area contributed by atoms with Crippen LogP contribution in [-0.2, 0) is 0 Å². The van der Waals surface area contributed by atoms with Crippen LogP contribution in [0.15, 0.2) is 55.4 Å². The van der Waals surface area contributed by atoms with Crippen LogP contribution in [0.3, 0.4) is 0 Å². The predicted molar refractivity (Wildman–Crippen MR) is 92.4 cm³/mol. The van der Waals surface area contributed by atoms with E-state index in [2.05, 4.69) is 21.8 Å². The molecule has 0 atom stereocenters. The number of aromatic amines is 2. The van der Waals surface area contributed by atoms with Crippen LogP contribution in [0.1, 0.15) is 5.56 Å². The Kier molecular flexibility index (Phi) is 3.57. The third-order valence-electron chi connectivity index (χ3n) is 3.94. The molecule has 0 aliphatic rings. The third-order valence-corrected chi connectivity index (χ3v) is 3.94. The van der Waals surface area contributed by atoms with E-state index >= 15 is 0 Å². The molecule has 0 spiro atoms. The Bertz CT molecular complexity index is 1070. The fourth-order valence-electron chi connectivity index (χ4n) is 2.78. The van der Waals surface area contributed by atoms with E-state index in [-0.39, 0.29) is 11.3 Å². The quantitative estimate of drug-likeness (QED) is 0.533. The number of hydrogen-bond acceptors (Lipinski definition) is 2. The van der Waals surface area contributed by atoms with Gasteiger partial charge < -0.3 is 9.72 Å². The van der Waals surface area contributed by atoms with Crippen molar-refractivity contribution in [3.63, 3.8) is 0 Å². The van der Waals surface area contributed by atoms with E-state index in [9.17, 15) is 8.78 Å². The van der Waals surface area contributed by atoms with Gasteiger partial charge in [-0.2, -0.15) is 5.10 Å². The zero-order valence-corrected chi connectivity index (χ0v) is 13.0. The molecule has 0 radical (unpaired) electrons. The van der Waals surface area contributed by atoms with E-state index in [0.717, 1.165) is 5.39 Å². The number of hydrogen-bond donors (Lipinski definition) is 2. The van der Waals surface area contributed by atoms with Crippen LogP contribution in [-0.4, -0.2) is 15.2 Å². The van der Waals surface area contributed by atoms with E-state index < -0.39 is 11.6 Å². The molecular formula is C19H13F2N3O. The monoisotopic (exact) mass is 337 g/mol. The van der Waals surface area contributed by atoms with Crippen molar-refractivity contribution in [2.45, 2.75) is 0 Å². The first-order chi connectivity index (χ1) is 12.2. The fourth-order valence-corrected chi connectivity index (χ4v) is 2.78. The number of rotatable bonds is 4. The normalized spacial score (nSPS) is 11.0. The maximum atomic E-state index is 14.5. The predicted octanol–water partition coefficient (Wildman–Crippen LogP) is 5.27. The highest BCUT2D eigenvalue weighted by Crippen LogP contribution is 2.36. The second-order valence-electron chi connectivity index (χ2n) is 5.45. The SMILES string of the molecule is C=Cc1c(Oc2ccc(F)c(-c3cc[nH]n3)c2)c(F)cc2[nH]ccc12. The van der Waals surface area contributed by atoms with Crippen LogP contribution in [0.25, 0.3) is 28.2 Å². The lowest BCUT2D eigenvalue weighted by atomic mass is 10.1. The standard InChI is InChI=1S/C19H13F2N3O/c1-2-12-13-5-7-22-18(13)10-16(21)19(12)25-11-3-4-15(20)14(9-11)17-6-8-23-24-17/h2-10,22H,1H2,(H,23,24). The van der Waals surface area contributed by atoms with Gasteiger partial charge in [0, 0.05) is 40.5 Å². The van der Waals surface area contributed by atoms with Gasteiger partial charge in [-0.25, -0.2) is 8.78 Å². The topological polar surface area (TPSA) is 53.7 Å². The number of nitrogens with one attached hydrogen (secondary N) is 2. The smallest absolute Gasteiger partial charge is 0.170 e. The fraction of sp³-hybridized carbons (Fsp3) is 0. The molecule has 2 N–H and O–H groups in total. The molecule has 0 fully saturated rings. The number of ether oxygens (including phenoxy) is 1. The van der Waals surface area contributed by atoms with Crippen molar-refractivity contribution in [3.05, 3.63) is 72.6 Å². The van der Waals surface area contributed by atoms with Crippen LogP contribution in [0, 0.1) is 11.6 Å². The minimum absolute atomic E-state index is 0.0432. The number of benzene rings is 2. The lowest BCUT2D eigenvalue weighted by Gasteiger charge is -2.12. The first kappa shape index (κ1) is 15.1. The molecule has 4 rings (SSSR count). The molecule has 0 saturated heterocycles. The molecule has 2 aromatic heterocycles. The van der Waals surface area contributed by atoms with Crippen molar-refractivity contribution in [2.24, 2.45) is 0 Å². The molecule has 0 amide bonds. The number of halogens is 2. The molecule has 25 heavy (non-hydrogen) atoms. The van der Waals surface area contributed by atoms with Crippen molar-refractivity contribution in [1.82, 2.24) is 15.2 Å². The highest BCUT2D eigenvalue weighted by molar-refractivity contribution is 5.91. The molecule has 2 aromatic carbocycles. The van der Waals surface area contributed by atoms with E-state index in [1.54, 1.807) is 18.5 Å². The maximum absolute atomic E-state index is 14.5. The average Bonchev–Trinajstić information content (AvgIpc) is 3.28. The van der Waals surface area contributed by atoms with E-state index in [1.165, 1.54) is 30.3 Å². The largest absolute Gasteiger partial charge is 0.454 e. The first-order valence-electron chi connectivity index (χ1n) is 7.57. The van der Waals surface area contributed by atoms with Gasteiger partial charge in [-0.3, -0.25) is 5.10 Å². The third kappa shape index (κ3) is 2.57. The lowest BCUT2D eigenvalue weighted by molar-refractivity contribution is 0.441. The average molecular weight is 337 g/mol. The summed E-state index contributed by atoms with van der Waals surface area (Å²) in [6.45, 7) is 3.74. The van der Waals surface area contributed by atoms with Gasteiger partial charge in [0.15, 0.2) is 11.6 Å². The molecular weight excluding hydrogens is 324 g/mol.